The van der Waals surface area contributed by atoms with Gasteiger partial charge in [-0.2, -0.15) is 0 Å². The van der Waals surface area contributed by atoms with Gasteiger partial charge in [-0.1, -0.05) is 60.3 Å². The van der Waals surface area contributed by atoms with E-state index in [0.29, 0.717) is 10.8 Å². The third kappa shape index (κ3) is 3.81. The lowest BCUT2D eigenvalue weighted by atomic mass is 9.52. The van der Waals surface area contributed by atoms with Gasteiger partial charge in [-0.05, 0) is 36.0 Å². The van der Waals surface area contributed by atoms with Gasteiger partial charge in [0, 0.05) is 0 Å². The quantitative estimate of drug-likeness (QED) is 0.549. The van der Waals surface area contributed by atoms with E-state index in [4.69, 9.17) is 0 Å². The minimum Gasteiger partial charge on any atom is -0.0654 e. The average Bonchev–Trinajstić information content (AvgIpc) is 2.00. The summed E-state index contributed by atoms with van der Waals surface area (Å²) in [5.74, 6) is 1.00. The Kier molecular flexibility index (Phi) is 4.26. The highest BCUT2D eigenvalue weighted by Gasteiger charge is 2.45. The van der Waals surface area contributed by atoms with Crippen LogP contribution in [0.4, 0.5) is 0 Å². The van der Waals surface area contributed by atoms with Crippen LogP contribution >= 0.6 is 0 Å². The van der Waals surface area contributed by atoms with Crippen LogP contribution in [-0.4, -0.2) is 0 Å². The summed E-state index contributed by atoms with van der Waals surface area (Å²) < 4.78 is 0. The zero-order valence-electron chi connectivity index (χ0n) is 11.5. The molecule has 0 aliphatic heterocycles. The van der Waals surface area contributed by atoms with E-state index in [1.165, 1.54) is 44.9 Å². The molecule has 0 saturated heterocycles. The van der Waals surface area contributed by atoms with Crippen LogP contribution < -0.4 is 0 Å². The molecular formula is C15H30. The van der Waals surface area contributed by atoms with E-state index in [1.807, 2.05) is 0 Å². The third-order valence-corrected chi connectivity index (χ3v) is 3.99. The van der Waals surface area contributed by atoms with Gasteiger partial charge in [0.1, 0.15) is 0 Å². The molecule has 1 aliphatic rings. The first-order chi connectivity index (χ1) is 6.91. The van der Waals surface area contributed by atoms with Crippen LogP contribution in [0.25, 0.3) is 0 Å². The summed E-state index contributed by atoms with van der Waals surface area (Å²) in [5, 5.41) is 0. The van der Waals surface area contributed by atoms with Crippen molar-refractivity contribution in [3.63, 3.8) is 0 Å². The van der Waals surface area contributed by atoms with Crippen molar-refractivity contribution in [1.29, 1.82) is 0 Å². The van der Waals surface area contributed by atoms with Crippen LogP contribution in [0.5, 0.6) is 0 Å². The number of hydrogen-bond acceptors (Lipinski definition) is 0. The molecule has 15 heavy (non-hydrogen) atoms. The molecule has 1 rings (SSSR count). The maximum atomic E-state index is 2.51. The van der Waals surface area contributed by atoms with E-state index in [0.717, 1.165) is 5.92 Å². The predicted octanol–water partition coefficient (Wildman–Crippen LogP) is 5.42. The standard InChI is InChI=1S/C15H30/c1-6-8-13(9-7-2)10-15(5)11-14(3,4)12-15/h13H,6-12H2,1-5H3. The van der Waals surface area contributed by atoms with Crippen molar-refractivity contribution < 1.29 is 0 Å². The summed E-state index contributed by atoms with van der Waals surface area (Å²) in [7, 11) is 0. The van der Waals surface area contributed by atoms with Gasteiger partial charge in [0.25, 0.3) is 0 Å². The largest absolute Gasteiger partial charge is 0.0654 e. The van der Waals surface area contributed by atoms with Crippen molar-refractivity contribution in [2.45, 2.75) is 79.6 Å². The summed E-state index contributed by atoms with van der Waals surface area (Å²) in [5.41, 5.74) is 1.32. The Labute approximate surface area is 96.8 Å². The Morgan fingerprint density at radius 3 is 1.73 bits per heavy atom. The zero-order valence-corrected chi connectivity index (χ0v) is 11.5. The van der Waals surface area contributed by atoms with Crippen LogP contribution in [0.1, 0.15) is 79.6 Å². The molecule has 0 N–H and O–H groups in total. The van der Waals surface area contributed by atoms with Gasteiger partial charge in [-0.15, -0.1) is 0 Å². The fourth-order valence-corrected chi connectivity index (χ4v) is 4.27. The summed E-state index contributed by atoms with van der Waals surface area (Å²) in [6, 6.07) is 0. The van der Waals surface area contributed by atoms with Crippen LogP contribution in [0.3, 0.4) is 0 Å². The topological polar surface area (TPSA) is 0 Å². The van der Waals surface area contributed by atoms with Crippen molar-refractivity contribution in [2.75, 3.05) is 0 Å². The second-order valence-corrected chi connectivity index (χ2v) is 6.98. The average molecular weight is 210 g/mol. The molecule has 0 spiro atoms. The normalized spacial score (nSPS) is 22.8. The molecule has 0 radical (unpaired) electrons. The molecule has 0 heteroatoms. The SMILES string of the molecule is CCCC(CCC)CC1(C)CC(C)(C)C1. The predicted molar refractivity (Wildman–Crippen MR) is 69.0 cm³/mol. The molecule has 0 atom stereocenters. The zero-order chi connectivity index (χ0) is 11.5. The molecule has 90 valence electrons. The molecule has 1 fully saturated rings. The van der Waals surface area contributed by atoms with Crippen LogP contribution in [0.15, 0.2) is 0 Å². The summed E-state index contributed by atoms with van der Waals surface area (Å²) in [4.78, 5) is 0. The molecule has 1 saturated carbocycles. The third-order valence-electron chi connectivity index (χ3n) is 3.99. The van der Waals surface area contributed by atoms with Crippen molar-refractivity contribution in [3.05, 3.63) is 0 Å². The lowest BCUT2D eigenvalue weighted by Gasteiger charge is -2.53. The molecule has 0 heterocycles. The minimum absolute atomic E-state index is 0.637. The molecule has 0 nitrogen and oxygen atoms in total. The Morgan fingerprint density at radius 2 is 1.40 bits per heavy atom. The highest BCUT2D eigenvalue weighted by atomic mass is 14.5. The first-order valence-corrected chi connectivity index (χ1v) is 6.91. The van der Waals surface area contributed by atoms with Gasteiger partial charge in [0.2, 0.25) is 0 Å². The molecule has 0 unspecified atom stereocenters. The van der Waals surface area contributed by atoms with Gasteiger partial charge in [-0.25, -0.2) is 0 Å². The van der Waals surface area contributed by atoms with Gasteiger partial charge in [-0.3, -0.25) is 0 Å². The second-order valence-electron chi connectivity index (χ2n) is 6.98. The Morgan fingerprint density at radius 1 is 0.933 bits per heavy atom. The molecule has 1 aliphatic carbocycles. The second kappa shape index (κ2) is 4.89. The van der Waals surface area contributed by atoms with Crippen molar-refractivity contribution >= 4 is 0 Å². The molecular weight excluding hydrogens is 180 g/mol. The Hall–Kier alpha value is 0. The van der Waals surface area contributed by atoms with Crippen molar-refractivity contribution in [2.24, 2.45) is 16.7 Å². The maximum Gasteiger partial charge on any atom is -0.0313 e. The van der Waals surface area contributed by atoms with E-state index >= 15 is 0 Å². The Bertz CT molecular complexity index is 176. The fourth-order valence-electron chi connectivity index (χ4n) is 4.27. The van der Waals surface area contributed by atoms with Gasteiger partial charge < -0.3 is 0 Å². The smallest absolute Gasteiger partial charge is 0.0313 e. The maximum absolute atomic E-state index is 2.51. The first-order valence-electron chi connectivity index (χ1n) is 6.91. The van der Waals surface area contributed by atoms with E-state index in [1.54, 1.807) is 0 Å². The van der Waals surface area contributed by atoms with Crippen molar-refractivity contribution in [1.82, 2.24) is 0 Å². The molecule has 0 aromatic heterocycles. The van der Waals surface area contributed by atoms with Gasteiger partial charge >= 0.3 is 0 Å². The lowest BCUT2D eigenvalue weighted by Crippen LogP contribution is -2.42. The molecule has 0 bridgehead atoms. The summed E-state index contributed by atoms with van der Waals surface area (Å²) in [6.45, 7) is 12.0. The van der Waals surface area contributed by atoms with Crippen LogP contribution in [-0.2, 0) is 0 Å². The first kappa shape index (κ1) is 13.1. The molecule has 0 amide bonds. The van der Waals surface area contributed by atoms with E-state index in [2.05, 4.69) is 34.6 Å². The number of hydrogen-bond donors (Lipinski definition) is 0. The summed E-state index contributed by atoms with van der Waals surface area (Å²) >= 11 is 0. The highest BCUT2D eigenvalue weighted by Crippen LogP contribution is 2.57. The van der Waals surface area contributed by atoms with E-state index in [-0.39, 0.29) is 0 Å². The van der Waals surface area contributed by atoms with E-state index < -0.39 is 0 Å². The Balaban J connectivity index is 2.38. The fraction of sp³-hybridized carbons (Fsp3) is 1.00. The van der Waals surface area contributed by atoms with Crippen LogP contribution in [0.2, 0.25) is 0 Å². The van der Waals surface area contributed by atoms with Crippen molar-refractivity contribution in [3.8, 4) is 0 Å². The van der Waals surface area contributed by atoms with Gasteiger partial charge in [0.15, 0.2) is 0 Å². The lowest BCUT2D eigenvalue weighted by molar-refractivity contribution is -0.0186. The molecule has 0 aromatic carbocycles. The monoisotopic (exact) mass is 210 g/mol. The number of rotatable bonds is 6. The van der Waals surface area contributed by atoms with E-state index in [9.17, 15) is 0 Å². The minimum atomic E-state index is 0.637. The molecule has 0 aromatic rings. The summed E-state index contributed by atoms with van der Waals surface area (Å²) in [6.07, 6.45) is 10.0. The van der Waals surface area contributed by atoms with Crippen LogP contribution in [0, 0.1) is 16.7 Å². The van der Waals surface area contributed by atoms with Gasteiger partial charge in [0.05, 0.1) is 0 Å². The highest BCUT2D eigenvalue weighted by molar-refractivity contribution is 4.96.